The number of nitrogens with zero attached hydrogens (tertiary/aromatic N) is 2. The molecular formula is C50H40N2S2. The molecule has 2 heterocycles. The van der Waals surface area contributed by atoms with E-state index in [4.69, 9.17) is 0 Å². The molecule has 1 unspecified atom stereocenters. The number of allylic oxidation sites excluding steroid dienone is 4. The largest absolute Gasteiger partial charge is 0.314 e. The fourth-order valence-corrected chi connectivity index (χ4v) is 11.1. The average molecular weight is 733 g/mol. The Bertz CT molecular complexity index is 2810. The molecule has 262 valence electrons. The molecule has 0 N–H and O–H groups in total. The monoisotopic (exact) mass is 732 g/mol. The number of aryl methyl sites for hydroxylation is 2. The molecule has 10 rings (SSSR count). The highest BCUT2D eigenvalue weighted by Crippen LogP contribution is 2.53. The zero-order chi connectivity index (χ0) is 36.5. The number of hydrogen-bond acceptors (Lipinski definition) is 4. The van der Waals surface area contributed by atoms with Crippen LogP contribution in [0.3, 0.4) is 0 Å². The lowest BCUT2D eigenvalue weighted by Crippen LogP contribution is -2.19. The van der Waals surface area contributed by atoms with Gasteiger partial charge in [0, 0.05) is 69.5 Å². The molecule has 2 nitrogen and oxygen atoms in total. The van der Waals surface area contributed by atoms with E-state index in [0.29, 0.717) is 5.92 Å². The topological polar surface area (TPSA) is 6.48 Å². The van der Waals surface area contributed by atoms with Crippen molar-refractivity contribution in [1.82, 2.24) is 0 Å². The molecule has 8 aromatic rings. The van der Waals surface area contributed by atoms with Crippen molar-refractivity contribution in [3.8, 4) is 11.1 Å². The summed E-state index contributed by atoms with van der Waals surface area (Å²) in [5.41, 5.74) is 13.7. The van der Waals surface area contributed by atoms with Crippen LogP contribution in [0.5, 0.6) is 0 Å². The van der Waals surface area contributed by atoms with E-state index in [1.54, 1.807) is 0 Å². The molecule has 0 fully saturated rings. The van der Waals surface area contributed by atoms with Crippen molar-refractivity contribution in [3.05, 3.63) is 174 Å². The van der Waals surface area contributed by atoms with Crippen molar-refractivity contribution >= 4 is 82.5 Å². The number of hydrogen-bond donors (Lipinski definition) is 0. The van der Waals surface area contributed by atoms with Gasteiger partial charge in [-0.15, -0.1) is 11.3 Å². The minimum atomic E-state index is 0.503. The Kier molecular flexibility index (Phi) is 8.01. The van der Waals surface area contributed by atoms with Gasteiger partial charge in [0.2, 0.25) is 0 Å². The standard InChI is InChI=1S/C50H40N2S2/c1-31-22-32(2)25-39(24-31)51(35-12-7-5-8-13-35)37-18-20-41-44-30-48-49(43-16-11-17-45(50(43)44)53-46(41)28-37)42-21-19-38(29-47(42)54-48)52(36-14-9-6-10-15-36)40-26-33(3)23-34(4)27-40/h5-26,28-30,34H,27H2,1-4H3. The molecule has 0 amide bonds. The predicted octanol–water partition coefficient (Wildman–Crippen LogP) is 15.4. The first-order valence-corrected chi connectivity index (χ1v) is 20.4. The van der Waals surface area contributed by atoms with Gasteiger partial charge in [0.15, 0.2) is 0 Å². The number of para-hydroxylation sites is 2. The van der Waals surface area contributed by atoms with Gasteiger partial charge < -0.3 is 9.80 Å². The minimum Gasteiger partial charge on any atom is -0.314 e. The summed E-state index contributed by atoms with van der Waals surface area (Å²) < 4.78 is 2.65. The molecular weight excluding hydrogens is 693 g/mol. The van der Waals surface area contributed by atoms with Crippen molar-refractivity contribution in [2.75, 3.05) is 9.80 Å². The molecule has 54 heavy (non-hydrogen) atoms. The summed E-state index contributed by atoms with van der Waals surface area (Å²) in [5, 5.41) is 5.40. The SMILES string of the molecule is CC1=CC(C)CC(N(c2ccccc2)c2ccc3c(c2)sc2cc4c5c(cccc5c23)Sc2cc(N(c3ccccc3)c3cc(C)cc(C)c3)ccc2-4)=C1. The van der Waals surface area contributed by atoms with Crippen molar-refractivity contribution < 1.29 is 0 Å². The summed E-state index contributed by atoms with van der Waals surface area (Å²) in [5.74, 6) is 0.503. The summed E-state index contributed by atoms with van der Waals surface area (Å²) in [6.45, 7) is 8.91. The van der Waals surface area contributed by atoms with Crippen molar-refractivity contribution in [2.24, 2.45) is 5.92 Å². The lowest BCUT2D eigenvalue weighted by atomic mass is 9.93. The summed E-state index contributed by atoms with van der Waals surface area (Å²) in [6, 6.07) is 51.9. The second kappa shape index (κ2) is 13.1. The summed E-state index contributed by atoms with van der Waals surface area (Å²) >= 11 is 3.82. The van der Waals surface area contributed by atoms with Crippen LogP contribution in [0.2, 0.25) is 0 Å². The predicted molar refractivity (Wildman–Crippen MR) is 235 cm³/mol. The Hall–Kier alpha value is -5.55. The van der Waals surface area contributed by atoms with E-state index in [0.717, 1.165) is 12.1 Å². The molecule has 0 saturated carbocycles. The number of fused-ring (bicyclic) bond motifs is 6. The van der Waals surface area contributed by atoms with Crippen LogP contribution < -0.4 is 9.80 Å². The Balaban J connectivity index is 1.12. The van der Waals surface area contributed by atoms with Gasteiger partial charge in [-0.25, -0.2) is 0 Å². The molecule has 1 aliphatic heterocycles. The molecule has 1 aliphatic carbocycles. The van der Waals surface area contributed by atoms with Crippen LogP contribution in [-0.2, 0) is 0 Å². The van der Waals surface area contributed by atoms with Crippen LogP contribution in [0.15, 0.2) is 173 Å². The van der Waals surface area contributed by atoms with Crippen LogP contribution in [0.1, 0.15) is 31.4 Å². The Morgan fingerprint density at radius 3 is 1.96 bits per heavy atom. The van der Waals surface area contributed by atoms with Gasteiger partial charge in [-0.3, -0.25) is 0 Å². The smallest absolute Gasteiger partial charge is 0.0473 e. The number of anilines is 5. The molecule has 1 aromatic heterocycles. The molecule has 2 aliphatic rings. The first-order chi connectivity index (χ1) is 26.4. The Morgan fingerprint density at radius 2 is 1.22 bits per heavy atom. The normalized spacial score (nSPS) is 14.9. The third kappa shape index (κ3) is 5.64. The van der Waals surface area contributed by atoms with Crippen LogP contribution >= 0.6 is 23.1 Å². The summed E-state index contributed by atoms with van der Waals surface area (Å²) in [6.07, 6.45) is 5.76. The molecule has 0 bridgehead atoms. The Labute approximate surface area is 325 Å². The molecule has 0 spiro atoms. The van der Waals surface area contributed by atoms with Crippen molar-refractivity contribution in [3.63, 3.8) is 0 Å². The molecule has 4 heteroatoms. The third-order valence-electron chi connectivity index (χ3n) is 10.8. The first-order valence-electron chi connectivity index (χ1n) is 18.8. The lowest BCUT2D eigenvalue weighted by molar-refractivity contribution is 0.689. The second-order valence-corrected chi connectivity index (χ2v) is 17.1. The van der Waals surface area contributed by atoms with Gasteiger partial charge in [0.05, 0.1) is 0 Å². The van der Waals surface area contributed by atoms with Gasteiger partial charge in [-0.2, -0.15) is 0 Å². The van der Waals surface area contributed by atoms with Crippen molar-refractivity contribution in [2.45, 2.75) is 43.9 Å². The number of thiophene rings is 1. The lowest BCUT2D eigenvalue weighted by Gasteiger charge is -2.31. The van der Waals surface area contributed by atoms with Gasteiger partial charge in [-0.1, -0.05) is 97.1 Å². The molecule has 7 aromatic carbocycles. The van der Waals surface area contributed by atoms with Crippen LogP contribution in [0.4, 0.5) is 28.4 Å². The third-order valence-corrected chi connectivity index (χ3v) is 13.0. The van der Waals surface area contributed by atoms with E-state index >= 15 is 0 Å². The number of benzene rings is 7. The maximum atomic E-state index is 2.47. The average Bonchev–Trinajstić information content (AvgIpc) is 3.53. The van der Waals surface area contributed by atoms with Crippen molar-refractivity contribution in [1.29, 1.82) is 0 Å². The molecule has 1 atom stereocenters. The van der Waals surface area contributed by atoms with E-state index in [9.17, 15) is 0 Å². The summed E-state index contributed by atoms with van der Waals surface area (Å²) in [7, 11) is 0. The highest BCUT2D eigenvalue weighted by Gasteiger charge is 2.25. The first kappa shape index (κ1) is 33.1. The van der Waals surface area contributed by atoms with E-state index in [-0.39, 0.29) is 0 Å². The molecule has 0 radical (unpaired) electrons. The fraction of sp³-hybridized carbons (Fsp3) is 0.120. The second-order valence-electron chi connectivity index (χ2n) is 15.0. The Morgan fingerprint density at radius 1 is 0.519 bits per heavy atom. The van der Waals surface area contributed by atoms with Crippen LogP contribution in [-0.4, -0.2) is 0 Å². The van der Waals surface area contributed by atoms with E-state index < -0.39 is 0 Å². The maximum absolute atomic E-state index is 2.47. The minimum absolute atomic E-state index is 0.503. The quantitative estimate of drug-likeness (QED) is 0.168. The van der Waals surface area contributed by atoms with E-state index in [1.807, 2.05) is 23.1 Å². The van der Waals surface area contributed by atoms with E-state index in [2.05, 4.69) is 189 Å². The highest BCUT2D eigenvalue weighted by molar-refractivity contribution is 7.99. The molecule has 0 saturated heterocycles. The van der Waals surface area contributed by atoms with Gasteiger partial charge in [0.25, 0.3) is 0 Å². The van der Waals surface area contributed by atoms with Crippen LogP contribution in [0.25, 0.3) is 42.1 Å². The van der Waals surface area contributed by atoms with Crippen LogP contribution in [0, 0.1) is 19.8 Å². The van der Waals surface area contributed by atoms with E-state index in [1.165, 1.54) is 97.0 Å². The van der Waals surface area contributed by atoms with Gasteiger partial charge in [0.1, 0.15) is 0 Å². The maximum Gasteiger partial charge on any atom is 0.0473 e. The van der Waals surface area contributed by atoms with Gasteiger partial charge in [-0.05, 0) is 140 Å². The fourth-order valence-electron chi connectivity index (χ4n) is 8.74. The number of rotatable bonds is 6. The summed E-state index contributed by atoms with van der Waals surface area (Å²) in [4.78, 5) is 7.47. The van der Waals surface area contributed by atoms with Gasteiger partial charge >= 0.3 is 0 Å². The highest BCUT2D eigenvalue weighted by atomic mass is 32.2. The zero-order valence-electron chi connectivity index (χ0n) is 30.9. The zero-order valence-corrected chi connectivity index (χ0v) is 32.6.